The van der Waals surface area contributed by atoms with Gasteiger partial charge in [-0.3, -0.25) is 0 Å². The van der Waals surface area contributed by atoms with E-state index >= 15 is 0 Å². The Kier molecular flexibility index (Phi) is 6.15. The monoisotopic (exact) mass is 344 g/mol. The normalized spacial score (nSPS) is 10.8. The third-order valence-electron chi connectivity index (χ3n) is 2.96. The number of hydrogen-bond acceptors (Lipinski definition) is 4. The summed E-state index contributed by atoms with van der Waals surface area (Å²) in [4.78, 5) is 23.5. The Hall–Kier alpha value is -2.59. The lowest BCUT2D eigenvalue weighted by atomic mass is 10.2. The fraction of sp³-hybridized carbons (Fsp3) is 0.158. The molecule has 0 aromatic heterocycles. The van der Waals surface area contributed by atoms with Crippen LogP contribution >= 0.6 is 11.6 Å². The number of benzene rings is 2. The van der Waals surface area contributed by atoms with Crippen molar-refractivity contribution >= 4 is 29.6 Å². The molecule has 24 heavy (non-hydrogen) atoms. The van der Waals surface area contributed by atoms with Crippen LogP contribution in [0.5, 0.6) is 5.75 Å². The summed E-state index contributed by atoms with van der Waals surface area (Å²) in [7, 11) is 0. The second-order valence-corrected chi connectivity index (χ2v) is 5.66. The first-order valence-electron chi connectivity index (χ1n) is 7.41. The molecule has 0 N–H and O–H groups in total. The first-order valence-corrected chi connectivity index (χ1v) is 7.79. The molecule has 0 heterocycles. The first-order chi connectivity index (χ1) is 11.5. The molecule has 0 saturated carbocycles. The number of halogens is 1. The van der Waals surface area contributed by atoms with Crippen LogP contribution in [0, 0.1) is 0 Å². The Bertz CT molecular complexity index is 748. The fourth-order valence-corrected chi connectivity index (χ4v) is 2.06. The van der Waals surface area contributed by atoms with Gasteiger partial charge in [-0.15, -0.1) is 0 Å². The van der Waals surface area contributed by atoms with Gasteiger partial charge in [0.25, 0.3) is 0 Å². The number of carbonyl (C=O) groups is 2. The van der Waals surface area contributed by atoms with Gasteiger partial charge in [-0.25, -0.2) is 9.59 Å². The Morgan fingerprint density at radius 2 is 1.71 bits per heavy atom. The average molecular weight is 345 g/mol. The van der Waals surface area contributed by atoms with Gasteiger partial charge in [0.15, 0.2) is 0 Å². The van der Waals surface area contributed by atoms with Crippen LogP contribution in [0.1, 0.15) is 29.8 Å². The molecule has 0 bridgehead atoms. The third-order valence-corrected chi connectivity index (χ3v) is 3.30. The van der Waals surface area contributed by atoms with Crippen LogP contribution < -0.4 is 4.74 Å². The van der Waals surface area contributed by atoms with Crippen LogP contribution in [0.2, 0.25) is 5.02 Å². The zero-order valence-electron chi connectivity index (χ0n) is 13.4. The van der Waals surface area contributed by atoms with Crippen molar-refractivity contribution in [3.63, 3.8) is 0 Å². The largest absolute Gasteiger partial charge is 0.459 e. The molecule has 0 aliphatic heterocycles. The summed E-state index contributed by atoms with van der Waals surface area (Å²) >= 11 is 6.00. The molecule has 2 aromatic carbocycles. The van der Waals surface area contributed by atoms with E-state index in [2.05, 4.69) is 0 Å². The molecule has 0 aliphatic rings. The van der Waals surface area contributed by atoms with Crippen molar-refractivity contribution in [1.29, 1.82) is 0 Å². The molecule has 0 atom stereocenters. The van der Waals surface area contributed by atoms with E-state index in [0.29, 0.717) is 16.3 Å². The lowest BCUT2D eigenvalue weighted by Crippen LogP contribution is -2.11. The number of hydrogen-bond donors (Lipinski definition) is 0. The molecular weight excluding hydrogens is 328 g/mol. The van der Waals surface area contributed by atoms with Crippen molar-refractivity contribution in [1.82, 2.24) is 0 Å². The highest BCUT2D eigenvalue weighted by atomic mass is 35.5. The lowest BCUT2D eigenvalue weighted by Gasteiger charge is -2.08. The predicted molar refractivity (Wildman–Crippen MR) is 93.1 cm³/mol. The standard InChI is InChI=1S/C19H17ClO4/c1-13(2)23-19(22)15-7-10-16(11-8-15)24-18(21)12-9-14-5-3-4-6-17(14)20/h3-13H,1-2H3/b12-9+. The van der Waals surface area contributed by atoms with Crippen LogP contribution in [0.15, 0.2) is 54.6 Å². The molecule has 124 valence electrons. The molecule has 0 aliphatic carbocycles. The van der Waals surface area contributed by atoms with Gasteiger partial charge in [-0.05, 0) is 55.8 Å². The Labute approximate surface area is 145 Å². The molecule has 0 saturated heterocycles. The van der Waals surface area contributed by atoms with E-state index in [0.717, 1.165) is 5.56 Å². The van der Waals surface area contributed by atoms with Gasteiger partial charge in [0.05, 0.1) is 11.7 Å². The zero-order valence-corrected chi connectivity index (χ0v) is 14.1. The van der Waals surface area contributed by atoms with Gasteiger partial charge < -0.3 is 9.47 Å². The number of carbonyl (C=O) groups excluding carboxylic acids is 2. The van der Waals surface area contributed by atoms with Gasteiger partial charge in [0, 0.05) is 11.1 Å². The summed E-state index contributed by atoms with van der Waals surface area (Å²) in [5.74, 6) is -0.612. The Morgan fingerprint density at radius 1 is 1.04 bits per heavy atom. The summed E-state index contributed by atoms with van der Waals surface area (Å²) < 4.78 is 10.3. The maximum atomic E-state index is 11.8. The molecule has 5 heteroatoms. The summed E-state index contributed by atoms with van der Waals surface area (Å²) in [5, 5.41) is 0.551. The van der Waals surface area contributed by atoms with Crippen LogP contribution in [-0.4, -0.2) is 18.0 Å². The topological polar surface area (TPSA) is 52.6 Å². The lowest BCUT2D eigenvalue weighted by molar-refractivity contribution is -0.128. The first kappa shape index (κ1) is 17.8. The minimum Gasteiger partial charge on any atom is -0.459 e. The quantitative estimate of drug-likeness (QED) is 0.454. The van der Waals surface area contributed by atoms with Crippen LogP contribution in [0.4, 0.5) is 0 Å². The highest BCUT2D eigenvalue weighted by molar-refractivity contribution is 6.32. The van der Waals surface area contributed by atoms with E-state index < -0.39 is 11.9 Å². The summed E-state index contributed by atoms with van der Waals surface area (Å²) in [6.07, 6.45) is 2.69. The van der Waals surface area contributed by atoms with Gasteiger partial charge >= 0.3 is 11.9 Å². The van der Waals surface area contributed by atoms with E-state index in [9.17, 15) is 9.59 Å². The van der Waals surface area contributed by atoms with Crippen molar-refractivity contribution in [2.75, 3.05) is 0 Å². The molecule has 0 radical (unpaired) electrons. The van der Waals surface area contributed by atoms with E-state index in [-0.39, 0.29) is 6.10 Å². The summed E-state index contributed by atoms with van der Waals surface area (Å²) in [5.41, 5.74) is 1.12. The highest BCUT2D eigenvalue weighted by Gasteiger charge is 2.09. The minimum atomic E-state index is -0.535. The van der Waals surface area contributed by atoms with Crippen molar-refractivity contribution in [3.8, 4) is 5.75 Å². The molecule has 0 fully saturated rings. The molecular formula is C19H17ClO4. The third kappa shape index (κ3) is 5.25. The van der Waals surface area contributed by atoms with Crippen LogP contribution in [-0.2, 0) is 9.53 Å². The zero-order chi connectivity index (χ0) is 17.5. The van der Waals surface area contributed by atoms with E-state index in [1.807, 2.05) is 12.1 Å². The molecule has 0 amide bonds. The van der Waals surface area contributed by atoms with E-state index in [1.165, 1.54) is 18.2 Å². The van der Waals surface area contributed by atoms with Crippen molar-refractivity contribution in [3.05, 3.63) is 70.8 Å². The van der Waals surface area contributed by atoms with Crippen molar-refractivity contribution < 1.29 is 19.1 Å². The number of ether oxygens (including phenoxy) is 2. The SMILES string of the molecule is CC(C)OC(=O)c1ccc(OC(=O)/C=C/c2ccccc2Cl)cc1. The number of rotatable bonds is 5. The molecule has 0 unspecified atom stereocenters. The number of esters is 2. The van der Waals surface area contributed by atoms with Gasteiger partial charge in [-0.2, -0.15) is 0 Å². The second-order valence-electron chi connectivity index (χ2n) is 5.25. The van der Waals surface area contributed by atoms with Crippen LogP contribution in [0.25, 0.3) is 6.08 Å². The van der Waals surface area contributed by atoms with Crippen molar-refractivity contribution in [2.24, 2.45) is 0 Å². The van der Waals surface area contributed by atoms with Gasteiger partial charge in [-0.1, -0.05) is 29.8 Å². The Balaban J connectivity index is 1.97. The maximum absolute atomic E-state index is 11.8. The summed E-state index contributed by atoms with van der Waals surface area (Å²) in [6.45, 7) is 3.55. The Morgan fingerprint density at radius 3 is 2.33 bits per heavy atom. The smallest absolute Gasteiger partial charge is 0.338 e. The van der Waals surface area contributed by atoms with Gasteiger partial charge in [0.1, 0.15) is 5.75 Å². The average Bonchev–Trinajstić information content (AvgIpc) is 2.54. The van der Waals surface area contributed by atoms with E-state index in [4.69, 9.17) is 21.1 Å². The fourth-order valence-electron chi connectivity index (χ4n) is 1.86. The molecule has 2 aromatic rings. The van der Waals surface area contributed by atoms with Gasteiger partial charge in [0.2, 0.25) is 0 Å². The minimum absolute atomic E-state index is 0.190. The molecule has 4 nitrogen and oxygen atoms in total. The molecule has 0 spiro atoms. The predicted octanol–water partition coefficient (Wildman–Crippen LogP) is 4.52. The van der Waals surface area contributed by atoms with Crippen molar-refractivity contribution in [2.45, 2.75) is 20.0 Å². The van der Waals surface area contributed by atoms with Crippen LogP contribution in [0.3, 0.4) is 0 Å². The summed E-state index contributed by atoms with van der Waals surface area (Å²) in [6, 6.07) is 13.3. The second kappa shape index (κ2) is 8.31. The maximum Gasteiger partial charge on any atom is 0.338 e. The van der Waals surface area contributed by atoms with E-state index in [1.54, 1.807) is 44.2 Å². The highest BCUT2D eigenvalue weighted by Crippen LogP contribution is 2.17. The molecule has 2 rings (SSSR count).